The highest BCUT2D eigenvalue weighted by Crippen LogP contribution is 2.33. The van der Waals surface area contributed by atoms with Crippen LogP contribution in [-0.4, -0.2) is 102 Å². The number of unbranched alkanes of at least 4 members (excludes halogenated alkanes) is 1. The molecule has 216 valence electrons. The predicted molar refractivity (Wildman–Crippen MR) is 145 cm³/mol. The van der Waals surface area contributed by atoms with Gasteiger partial charge < -0.3 is 30.1 Å². The Morgan fingerprint density at radius 3 is 2.95 bits per heavy atom. The predicted octanol–water partition coefficient (Wildman–Crippen LogP) is -0.108. The van der Waals surface area contributed by atoms with E-state index >= 15 is 0 Å². The highest BCUT2D eigenvalue weighted by atomic mass is 32.2. The molecule has 0 amide bonds. The van der Waals surface area contributed by atoms with Gasteiger partial charge in [-0.3, -0.25) is 19.9 Å². The third kappa shape index (κ3) is 8.68. The van der Waals surface area contributed by atoms with Crippen molar-refractivity contribution < 1.29 is 34.4 Å². The first kappa shape index (κ1) is 30.9. The Labute approximate surface area is 232 Å². The van der Waals surface area contributed by atoms with Crippen LogP contribution in [0, 0.1) is 11.8 Å². The summed E-state index contributed by atoms with van der Waals surface area (Å²) in [6.45, 7) is 0.797. The summed E-state index contributed by atoms with van der Waals surface area (Å²) in [4.78, 5) is 36.8. The Balaban J connectivity index is 1.70. The van der Waals surface area contributed by atoms with Crippen molar-refractivity contribution in [2.75, 3.05) is 35.7 Å². The SMILES string of the molecule is [N-]=[N+]=NCCCC#CC[S+](CC[C@H](N)OC=O)C[C@H]1O[C@@H](n2cnc3c(NCCC(=O)O)ncnc32)[C@@H](O)C1O. The molecule has 40 heavy (non-hydrogen) atoms. The number of aliphatic hydroxyl groups is 2. The largest absolute Gasteiger partial charge is 0.481 e. The molecule has 2 unspecified atom stereocenters. The van der Waals surface area contributed by atoms with Gasteiger partial charge in [-0.2, -0.15) is 0 Å². The lowest BCUT2D eigenvalue weighted by atomic mass is 10.1. The molecule has 6 atom stereocenters. The number of carbonyl (C=O) groups excluding carboxylic acids is 1. The number of ether oxygens (including phenoxy) is 2. The number of aliphatic hydroxyl groups excluding tert-OH is 2. The minimum atomic E-state index is -1.28. The number of carboxylic acid groups (broad SMARTS) is 1. The molecule has 1 saturated heterocycles. The second-order valence-corrected chi connectivity index (χ2v) is 11.0. The molecule has 17 heteroatoms. The number of imidazole rings is 1. The van der Waals surface area contributed by atoms with Crippen molar-refractivity contribution in [1.82, 2.24) is 19.5 Å². The maximum atomic E-state index is 10.9. The number of carbonyl (C=O) groups is 2. The first-order valence-corrected chi connectivity index (χ1v) is 14.2. The molecule has 3 heterocycles. The Bertz CT molecular complexity index is 1250. The minimum absolute atomic E-state index is 0.112. The summed E-state index contributed by atoms with van der Waals surface area (Å²) in [6.07, 6.45) is -0.787. The van der Waals surface area contributed by atoms with Crippen LogP contribution >= 0.6 is 0 Å². The van der Waals surface area contributed by atoms with Crippen LogP contribution in [0.5, 0.6) is 0 Å². The number of hydrogen-bond acceptors (Lipinski definition) is 12. The van der Waals surface area contributed by atoms with E-state index in [1.54, 1.807) is 0 Å². The van der Waals surface area contributed by atoms with Gasteiger partial charge in [-0.05, 0) is 17.9 Å². The lowest BCUT2D eigenvalue weighted by Crippen LogP contribution is -2.37. The average Bonchev–Trinajstić information content (AvgIpc) is 3.48. The highest BCUT2D eigenvalue weighted by Gasteiger charge is 2.47. The van der Waals surface area contributed by atoms with Crippen LogP contribution in [0.2, 0.25) is 0 Å². The van der Waals surface area contributed by atoms with Crippen molar-refractivity contribution in [1.29, 1.82) is 0 Å². The van der Waals surface area contributed by atoms with Crippen molar-refractivity contribution in [2.24, 2.45) is 10.8 Å². The average molecular weight is 579 g/mol. The van der Waals surface area contributed by atoms with Gasteiger partial charge in [0, 0.05) is 41.7 Å². The molecule has 1 fully saturated rings. The number of rotatable bonds is 16. The van der Waals surface area contributed by atoms with Crippen LogP contribution in [-0.2, 0) is 30.0 Å². The number of carboxylic acids is 1. The summed E-state index contributed by atoms with van der Waals surface area (Å²) in [7, 11) is -0.419. The molecule has 0 saturated carbocycles. The van der Waals surface area contributed by atoms with Crippen LogP contribution in [0.1, 0.15) is 31.9 Å². The van der Waals surface area contributed by atoms with Crippen LogP contribution < -0.4 is 11.1 Å². The number of anilines is 1. The molecule has 2 aromatic heterocycles. The normalized spacial score (nSPS) is 21.6. The first-order chi connectivity index (χ1) is 19.3. The Morgan fingerprint density at radius 1 is 1.38 bits per heavy atom. The summed E-state index contributed by atoms with van der Waals surface area (Å²) < 4.78 is 12.4. The van der Waals surface area contributed by atoms with E-state index in [0.29, 0.717) is 66.5 Å². The Morgan fingerprint density at radius 2 is 2.20 bits per heavy atom. The monoisotopic (exact) mass is 578 g/mol. The lowest BCUT2D eigenvalue weighted by molar-refractivity contribution is -0.136. The summed E-state index contributed by atoms with van der Waals surface area (Å²) in [5.41, 5.74) is 14.9. The van der Waals surface area contributed by atoms with Gasteiger partial charge in [0.25, 0.3) is 6.47 Å². The Kier molecular flexibility index (Phi) is 12.2. The van der Waals surface area contributed by atoms with Crippen LogP contribution in [0.3, 0.4) is 0 Å². The number of nitrogens with zero attached hydrogens (tertiary/aromatic N) is 7. The fraction of sp³-hybridized carbons (Fsp3) is 0.609. The van der Waals surface area contributed by atoms with Crippen molar-refractivity contribution in [2.45, 2.75) is 56.5 Å². The molecule has 1 aliphatic rings. The zero-order chi connectivity index (χ0) is 28.9. The maximum Gasteiger partial charge on any atom is 0.305 e. The van der Waals surface area contributed by atoms with E-state index in [4.69, 9.17) is 25.8 Å². The van der Waals surface area contributed by atoms with Crippen LogP contribution in [0.15, 0.2) is 17.8 Å². The zero-order valence-electron chi connectivity index (χ0n) is 21.6. The number of nitrogens with two attached hydrogens (primary N) is 1. The summed E-state index contributed by atoms with van der Waals surface area (Å²) in [5, 5.41) is 37.0. The second-order valence-electron chi connectivity index (χ2n) is 8.76. The van der Waals surface area contributed by atoms with Gasteiger partial charge in [0.1, 0.15) is 36.1 Å². The zero-order valence-corrected chi connectivity index (χ0v) is 22.4. The van der Waals surface area contributed by atoms with Crippen LogP contribution in [0.4, 0.5) is 5.82 Å². The van der Waals surface area contributed by atoms with E-state index < -0.39 is 47.6 Å². The second kappa shape index (κ2) is 15.8. The summed E-state index contributed by atoms with van der Waals surface area (Å²) >= 11 is 0. The quantitative estimate of drug-likeness (QED) is 0.0256. The minimum Gasteiger partial charge on any atom is -0.481 e. The summed E-state index contributed by atoms with van der Waals surface area (Å²) in [5.74, 6) is 6.95. The number of hydrogen-bond donors (Lipinski definition) is 5. The molecule has 0 aromatic carbocycles. The van der Waals surface area contributed by atoms with E-state index in [9.17, 15) is 19.8 Å². The lowest BCUT2D eigenvalue weighted by Gasteiger charge is -2.17. The molecule has 0 bridgehead atoms. The van der Waals surface area contributed by atoms with E-state index in [-0.39, 0.29) is 13.0 Å². The molecule has 1 aliphatic heterocycles. The van der Waals surface area contributed by atoms with E-state index in [1.165, 1.54) is 17.2 Å². The number of azide groups is 1. The van der Waals surface area contributed by atoms with Crippen molar-refractivity contribution in [3.63, 3.8) is 0 Å². The van der Waals surface area contributed by atoms with Crippen molar-refractivity contribution in [3.05, 3.63) is 23.1 Å². The Hall–Kier alpha value is -3.65. The van der Waals surface area contributed by atoms with Gasteiger partial charge in [-0.1, -0.05) is 11.0 Å². The van der Waals surface area contributed by atoms with Gasteiger partial charge in [0.2, 0.25) is 0 Å². The molecule has 16 nitrogen and oxygen atoms in total. The van der Waals surface area contributed by atoms with Gasteiger partial charge >= 0.3 is 5.97 Å². The van der Waals surface area contributed by atoms with Crippen molar-refractivity contribution >= 4 is 40.3 Å². The summed E-state index contributed by atoms with van der Waals surface area (Å²) in [6, 6.07) is 0. The van der Waals surface area contributed by atoms with Crippen LogP contribution in [0.25, 0.3) is 21.6 Å². The van der Waals surface area contributed by atoms with E-state index in [1.807, 2.05) is 0 Å². The third-order valence-electron chi connectivity index (χ3n) is 5.95. The fourth-order valence-corrected chi connectivity index (χ4v) is 5.99. The van der Waals surface area contributed by atoms with Gasteiger partial charge in [-0.25, -0.2) is 15.0 Å². The smallest absolute Gasteiger partial charge is 0.305 e. The highest BCUT2D eigenvalue weighted by molar-refractivity contribution is 7.97. The molecular formula is C23H32N9O7S+. The molecule has 0 spiro atoms. The molecule has 0 aliphatic carbocycles. The van der Waals surface area contributed by atoms with Gasteiger partial charge in [0.15, 0.2) is 35.2 Å². The number of aromatic nitrogens is 4. The number of fused-ring (bicyclic) bond motifs is 1. The maximum absolute atomic E-state index is 10.9. The standard InChI is InChI=1S/C23H31N9O7S/c24-16(38-14-33)6-10-40(9-4-2-1-3-7-30-31-25)11-15-19(36)20(37)23(39-15)32-13-29-18-21(26-8-5-17(34)35)27-12-28-22(18)32/h12-16,19-20,23,36-37H,1,3,5-11,24H2,(H-,26,27,28,34,35)/p+1/t15-,16-,19?,20+,23-,40?/m1/s1. The molecule has 2 aromatic rings. The van der Waals surface area contributed by atoms with Gasteiger partial charge in [0.05, 0.1) is 12.7 Å². The molecule has 3 rings (SSSR count). The topological polar surface area (TPSA) is 244 Å². The van der Waals surface area contributed by atoms with E-state index in [2.05, 4.69) is 42.1 Å². The molecular weight excluding hydrogens is 546 g/mol. The number of aliphatic carboxylic acids is 1. The fourth-order valence-electron chi connectivity index (χ4n) is 3.95. The molecule has 6 N–H and O–H groups in total. The van der Waals surface area contributed by atoms with Gasteiger partial charge in [-0.15, -0.1) is 0 Å². The van der Waals surface area contributed by atoms with E-state index in [0.717, 1.165) is 0 Å². The first-order valence-electron chi connectivity index (χ1n) is 12.5. The molecule has 0 radical (unpaired) electrons. The number of nitrogens with one attached hydrogen (secondary N) is 1. The van der Waals surface area contributed by atoms with Crippen molar-refractivity contribution in [3.8, 4) is 11.8 Å². The third-order valence-corrected chi connectivity index (χ3v) is 8.11.